The number of halogens is 1. The van der Waals surface area contributed by atoms with Crippen molar-refractivity contribution >= 4 is 35.8 Å². The maximum atomic E-state index is 11.6. The van der Waals surface area contributed by atoms with Gasteiger partial charge in [0, 0.05) is 20.6 Å². The smallest absolute Gasteiger partial charge is 0.243 e. The Morgan fingerprint density at radius 1 is 1.43 bits per heavy atom. The molecule has 1 rings (SSSR count). The van der Waals surface area contributed by atoms with Crippen LogP contribution in [0.1, 0.15) is 31.4 Å². The Morgan fingerprint density at radius 3 is 2.57 bits per heavy atom. The van der Waals surface area contributed by atoms with E-state index in [2.05, 4.69) is 15.6 Å². The number of nitrogens with zero attached hydrogens (tertiary/aromatic N) is 2. The number of nitrogens with one attached hydrogen (secondary N) is 2. The summed E-state index contributed by atoms with van der Waals surface area (Å²) >= 11 is 0. The summed E-state index contributed by atoms with van der Waals surface area (Å²) < 4.78 is 5.57. The third-order valence-corrected chi connectivity index (χ3v) is 2.76. The van der Waals surface area contributed by atoms with Gasteiger partial charge in [-0.05, 0) is 32.9 Å². The fourth-order valence-corrected chi connectivity index (χ4v) is 1.57. The van der Waals surface area contributed by atoms with Crippen molar-refractivity contribution in [3.8, 4) is 0 Å². The third-order valence-electron chi connectivity index (χ3n) is 2.76. The van der Waals surface area contributed by atoms with Crippen molar-refractivity contribution < 1.29 is 9.21 Å². The van der Waals surface area contributed by atoms with Gasteiger partial charge in [0.2, 0.25) is 5.91 Å². The number of hydrogen-bond donors (Lipinski definition) is 2. The molecule has 0 aliphatic carbocycles. The topological polar surface area (TPSA) is 69.9 Å². The largest absolute Gasteiger partial charge is 0.464 e. The number of hydrogen-bond acceptors (Lipinski definition) is 3. The molecule has 0 bridgehead atoms. The number of aryl methyl sites for hydroxylation is 1. The van der Waals surface area contributed by atoms with Crippen LogP contribution >= 0.6 is 24.0 Å². The molecule has 1 unspecified atom stereocenters. The van der Waals surface area contributed by atoms with Gasteiger partial charge < -0.3 is 20.0 Å². The highest BCUT2D eigenvalue weighted by Gasteiger charge is 2.11. The van der Waals surface area contributed by atoms with Gasteiger partial charge in [-0.25, -0.2) is 4.99 Å². The molecule has 2 N–H and O–H groups in total. The molecule has 1 aromatic rings. The Labute approximate surface area is 143 Å². The third kappa shape index (κ3) is 6.83. The lowest BCUT2D eigenvalue weighted by Gasteiger charge is -2.16. The predicted octanol–water partition coefficient (Wildman–Crippen LogP) is 1.91. The van der Waals surface area contributed by atoms with E-state index in [0.29, 0.717) is 5.96 Å². The zero-order chi connectivity index (χ0) is 15.1. The van der Waals surface area contributed by atoms with Crippen LogP contribution in [-0.4, -0.2) is 44.0 Å². The highest BCUT2D eigenvalue weighted by Crippen LogP contribution is 2.15. The van der Waals surface area contributed by atoms with Crippen LogP contribution in [-0.2, 0) is 4.79 Å². The maximum Gasteiger partial charge on any atom is 0.243 e. The molecular weight excluding hydrogens is 383 g/mol. The summed E-state index contributed by atoms with van der Waals surface area (Å²) in [5, 5.41) is 6.33. The van der Waals surface area contributed by atoms with Gasteiger partial charge in [-0.3, -0.25) is 4.79 Å². The molecule has 0 aromatic carbocycles. The Balaban J connectivity index is 0.00000400. The lowest BCUT2D eigenvalue weighted by atomic mass is 10.2. The molecule has 1 heterocycles. The van der Waals surface area contributed by atoms with Gasteiger partial charge in [-0.15, -0.1) is 24.0 Å². The number of carbonyl (C=O) groups is 1. The SMILES string of the molecule is CCNC(=NCC(=O)N(C)C)NC(C)c1ccc(C)o1.I. The van der Waals surface area contributed by atoms with E-state index in [4.69, 9.17) is 4.42 Å². The first-order valence-corrected chi connectivity index (χ1v) is 6.75. The van der Waals surface area contributed by atoms with E-state index in [1.807, 2.05) is 32.9 Å². The molecule has 0 saturated heterocycles. The summed E-state index contributed by atoms with van der Waals surface area (Å²) in [5.74, 6) is 2.28. The van der Waals surface area contributed by atoms with Crippen LogP contribution in [0.3, 0.4) is 0 Å². The van der Waals surface area contributed by atoms with E-state index in [0.717, 1.165) is 18.1 Å². The number of rotatable bonds is 5. The normalized spacial score (nSPS) is 12.3. The molecule has 120 valence electrons. The Hall–Kier alpha value is -1.25. The van der Waals surface area contributed by atoms with Crippen LogP contribution in [0.2, 0.25) is 0 Å². The van der Waals surface area contributed by atoms with Gasteiger partial charge in [0.1, 0.15) is 18.1 Å². The number of furan rings is 1. The lowest BCUT2D eigenvalue weighted by molar-refractivity contribution is -0.127. The minimum absolute atomic E-state index is 0. The van der Waals surface area contributed by atoms with Crippen molar-refractivity contribution in [3.63, 3.8) is 0 Å². The first-order valence-electron chi connectivity index (χ1n) is 6.75. The minimum Gasteiger partial charge on any atom is -0.464 e. The molecule has 1 atom stereocenters. The van der Waals surface area contributed by atoms with Gasteiger partial charge in [0.15, 0.2) is 5.96 Å². The van der Waals surface area contributed by atoms with Crippen LogP contribution in [0.5, 0.6) is 0 Å². The lowest BCUT2D eigenvalue weighted by Crippen LogP contribution is -2.39. The monoisotopic (exact) mass is 408 g/mol. The number of amides is 1. The van der Waals surface area contributed by atoms with Gasteiger partial charge in [-0.2, -0.15) is 0 Å². The van der Waals surface area contributed by atoms with Gasteiger partial charge in [0.05, 0.1) is 6.04 Å². The quantitative estimate of drug-likeness (QED) is 0.444. The average molecular weight is 408 g/mol. The molecule has 7 heteroatoms. The molecule has 0 fully saturated rings. The molecule has 1 amide bonds. The average Bonchev–Trinajstić information content (AvgIpc) is 2.82. The standard InChI is InChI=1S/C14H24N4O2.HI/c1-6-15-14(16-9-13(19)18(4)5)17-11(3)12-8-7-10(2)20-12;/h7-8,11H,6,9H2,1-5H3,(H2,15,16,17);1H. The summed E-state index contributed by atoms with van der Waals surface area (Å²) in [7, 11) is 3.43. The molecule has 0 aliphatic heterocycles. The van der Waals surface area contributed by atoms with Crippen molar-refractivity contribution in [2.75, 3.05) is 27.2 Å². The summed E-state index contributed by atoms with van der Waals surface area (Å²) in [6, 6.07) is 3.84. The van der Waals surface area contributed by atoms with E-state index < -0.39 is 0 Å². The van der Waals surface area contributed by atoms with E-state index in [1.165, 1.54) is 4.90 Å². The van der Waals surface area contributed by atoms with Gasteiger partial charge in [-0.1, -0.05) is 0 Å². The van der Waals surface area contributed by atoms with E-state index in [1.54, 1.807) is 14.1 Å². The Bertz CT molecular complexity index is 471. The zero-order valence-corrected chi connectivity index (χ0v) is 15.6. The zero-order valence-electron chi connectivity index (χ0n) is 13.3. The molecular formula is C14H25IN4O2. The molecule has 21 heavy (non-hydrogen) atoms. The van der Waals surface area contributed by atoms with Crippen LogP contribution in [0.4, 0.5) is 0 Å². The molecule has 0 saturated carbocycles. The number of likely N-dealkylation sites (N-methyl/N-ethyl adjacent to an activating group) is 1. The van der Waals surface area contributed by atoms with Crippen molar-refractivity contribution in [2.24, 2.45) is 4.99 Å². The molecule has 0 radical (unpaired) electrons. The van der Waals surface area contributed by atoms with Crippen LogP contribution in [0.15, 0.2) is 21.5 Å². The van der Waals surface area contributed by atoms with E-state index in [9.17, 15) is 4.79 Å². The Morgan fingerprint density at radius 2 is 2.10 bits per heavy atom. The fraction of sp³-hybridized carbons (Fsp3) is 0.571. The van der Waals surface area contributed by atoms with Crippen molar-refractivity contribution in [2.45, 2.75) is 26.8 Å². The molecule has 6 nitrogen and oxygen atoms in total. The number of aliphatic imine (C=N–C) groups is 1. The fourth-order valence-electron chi connectivity index (χ4n) is 1.57. The second kappa shape index (κ2) is 9.64. The first kappa shape index (κ1) is 19.8. The highest BCUT2D eigenvalue weighted by atomic mass is 127. The predicted molar refractivity (Wildman–Crippen MR) is 95.1 cm³/mol. The first-order chi connectivity index (χ1) is 9.43. The molecule has 0 aliphatic rings. The summed E-state index contributed by atoms with van der Waals surface area (Å²) in [6.07, 6.45) is 0. The van der Waals surface area contributed by atoms with Crippen molar-refractivity contribution in [1.29, 1.82) is 0 Å². The minimum atomic E-state index is -0.0382. The highest BCUT2D eigenvalue weighted by molar-refractivity contribution is 14.0. The maximum absolute atomic E-state index is 11.6. The van der Waals surface area contributed by atoms with Gasteiger partial charge >= 0.3 is 0 Å². The molecule has 0 spiro atoms. The van der Waals surface area contributed by atoms with Crippen LogP contribution in [0, 0.1) is 6.92 Å². The summed E-state index contributed by atoms with van der Waals surface area (Å²) in [5.41, 5.74) is 0. The second-order valence-electron chi connectivity index (χ2n) is 4.80. The van der Waals surface area contributed by atoms with Crippen LogP contribution < -0.4 is 10.6 Å². The van der Waals surface area contributed by atoms with Gasteiger partial charge in [0.25, 0.3) is 0 Å². The second-order valence-corrected chi connectivity index (χ2v) is 4.80. The van der Waals surface area contributed by atoms with E-state index >= 15 is 0 Å². The van der Waals surface area contributed by atoms with Crippen molar-refractivity contribution in [1.82, 2.24) is 15.5 Å². The van der Waals surface area contributed by atoms with Crippen LogP contribution in [0.25, 0.3) is 0 Å². The van der Waals surface area contributed by atoms with Crippen molar-refractivity contribution in [3.05, 3.63) is 23.7 Å². The Kier molecular flexibility index (Phi) is 9.07. The number of guanidine groups is 1. The molecule has 1 aromatic heterocycles. The number of carbonyl (C=O) groups excluding carboxylic acids is 1. The summed E-state index contributed by atoms with van der Waals surface area (Å²) in [6.45, 7) is 6.72. The van der Waals surface area contributed by atoms with E-state index in [-0.39, 0.29) is 42.5 Å². The summed E-state index contributed by atoms with van der Waals surface area (Å²) in [4.78, 5) is 17.3.